The van der Waals surface area contributed by atoms with Crippen molar-refractivity contribution in [3.05, 3.63) is 82.6 Å². The fourth-order valence-electron chi connectivity index (χ4n) is 5.26. The molecule has 15 heteroatoms. The van der Waals surface area contributed by atoms with Crippen molar-refractivity contribution in [2.24, 2.45) is 0 Å². The fraction of sp³-hybridized carbons (Fsp3) is 0.370. The second-order valence-electron chi connectivity index (χ2n) is 11.1. The minimum absolute atomic E-state index is 0.590. The summed E-state index contributed by atoms with van der Waals surface area (Å²) in [5, 5.41) is 0. The molecule has 2 nitrogen and oxygen atoms in total. The topological polar surface area (TPSA) is 6.25 Å². The van der Waals surface area contributed by atoms with Crippen LogP contribution in [0.3, 0.4) is 0 Å². The molecule has 0 unspecified atom stereocenters. The van der Waals surface area contributed by atoms with Gasteiger partial charge >= 0.3 is 45.3 Å². The number of alkyl halides is 6. The van der Waals surface area contributed by atoms with Gasteiger partial charge in [-0.05, 0) is 55.8 Å². The van der Waals surface area contributed by atoms with Gasteiger partial charge in [-0.1, -0.05) is 19.9 Å². The van der Waals surface area contributed by atoms with E-state index in [4.69, 9.17) is 0 Å². The van der Waals surface area contributed by atoms with E-state index in [0.29, 0.717) is 22.5 Å². The van der Waals surface area contributed by atoms with Crippen LogP contribution in [0.15, 0.2) is 60.3 Å². The Hall–Kier alpha value is -3.02. The summed E-state index contributed by atoms with van der Waals surface area (Å²) in [6.45, 7) is 7.51. The number of halogens is 12. The van der Waals surface area contributed by atoms with Crippen LogP contribution in [0.4, 0.5) is 62.9 Å². The van der Waals surface area contributed by atoms with Crippen LogP contribution in [-0.2, 0) is 23.2 Å². The maximum atomic E-state index is 13.3. The molecule has 0 spiro atoms. The number of allylic oxidation sites excluding steroid dienone is 4. The molecule has 2 aliphatic heterocycles. The first-order chi connectivity index (χ1) is 18.4. The molecule has 0 aromatic heterocycles. The van der Waals surface area contributed by atoms with Gasteiger partial charge in [-0.2, -0.15) is 30.9 Å². The fourth-order valence-corrected chi connectivity index (χ4v) is 5.26. The number of likely N-dealkylation sites (N-methyl/N-ethyl adjacent to an activating group) is 1. The molecular formula is C27H27F12N2P. The average Bonchev–Trinajstić information content (AvgIpc) is 3.09. The first-order valence-corrected chi connectivity index (χ1v) is 14.2. The molecule has 0 saturated heterocycles. The molecule has 0 fully saturated rings. The Kier molecular flexibility index (Phi) is 7.36. The third kappa shape index (κ3) is 7.30. The number of fused-ring (bicyclic) bond motifs is 2. The summed E-state index contributed by atoms with van der Waals surface area (Å²) >= 11 is 0. The summed E-state index contributed by atoms with van der Waals surface area (Å²) in [7, 11) is -7.03. The standard InChI is InChI=1S/C27H27F6N2.F6P/c1-24(2)18-14-16(26(28,29)30)10-12-20(18)34(5)22(24)8-7-9-23-25(3,4)19-15-17(27(31,32)33)11-13-21(19)35(23)6;1-7(2,3,4,5)6/h7-15H,1-6H3;/q+1;-1. The summed E-state index contributed by atoms with van der Waals surface area (Å²) in [6, 6.07) is 7.55. The molecule has 234 valence electrons. The second kappa shape index (κ2) is 9.24. The molecule has 42 heavy (non-hydrogen) atoms. The van der Waals surface area contributed by atoms with Crippen molar-refractivity contribution in [3.8, 4) is 0 Å². The summed E-state index contributed by atoms with van der Waals surface area (Å²) in [5.41, 5.74) is 1.54. The molecule has 2 aromatic carbocycles. The van der Waals surface area contributed by atoms with Crippen LogP contribution < -0.4 is 4.90 Å². The van der Waals surface area contributed by atoms with Crippen molar-refractivity contribution in [2.45, 2.75) is 50.9 Å². The van der Waals surface area contributed by atoms with Crippen molar-refractivity contribution in [1.29, 1.82) is 0 Å². The van der Waals surface area contributed by atoms with Gasteiger partial charge in [0.05, 0.1) is 16.5 Å². The molecule has 4 rings (SSSR count). The molecule has 0 atom stereocenters. The van der Waals surface area contributed by atoms with E-state index in [2.05, 4.69) is 0 Å². The first kappa shape index (κ1) is 33.5. The van der Waals surface area contributed by atoms with E-state index < -0.39 is 42.1 Å². The molecule has 0 amide bonds. The molecule has 2 heterocycles. The SMILES string of the molecule is CN1/C(=C/C=C/C2=[N+](C)c3ccc(C(F)(F)F)cc3C2(C)C)C(C)(C)c2cc(C(F)(F)F)ccc21.F[P-](F)(F)(F)(F)F. The van der Waals surface area contributed by atoms with Gasteiger partial charge in [-0.15, -0.1) is 0 Å². The van der Waals surface area contributed by atoms with Gasteiger partial charge < -0.3 is 4.90 Å². The van der Waals surface area contributed by atoms with Gasteiger partial charge in [0.15, 0.2) is 5.71 Å². The second-order valence-corrected chi connectivity index (χ2v) is 13.0. The Morgan fingerprint density at radius 1 is 0.738 bits per heavy atom. The number of benzene rings is 2. The van der Waals surface area contributed by atoms with E-state index in [9.17, 15) is 51.5 Å². The minimum atomic E-state index is -10.7. The number of hydrogen-bond acceptors (Lipinski definition) is 1. The maximum absolute atomic E-state index is 13.3. The quantitative estimate of drug-likeness (QED) is 0.180. The van der Waals surface area contributed by atoms with Crippen LogP contribution >= 0.6 is 7.81 Å². The van der Waals surface area contributed by atoms with E-state index in [-0.39, 0.29) is 0 Å². The van der Waals surface area contributed by atoms with Crippen LogP contribution in [0, 0.1) is 0 Å². The Balaban J connectivity index is 0.000000616. The first-order valence-electron chi connectivity index (χ1n) is 12.2. The average molecular weight is 638 g/mol. The van der Waals surface area contributed by atoms with Crippen molar-refractivity contribution >= 4 is 24.9 Å². The van der Waals surface area contributed by atoms with Gasteiger partial charge in [-0.25, -0.2) is 0 Å². The van der Waals surface area contributed by atoms with Gasteiger partial charge in [0.1, 0.15) is 7.05 Å². The molecule has 2 aliphatic rings. The van der Waals surface area contributed by atoms with E-state index in [1.807, 2.05) is 69.5 Å². The summed E-state index contributed by atoms with van der Waals surface area (Å²) in [6.07, 6.45) is -3.32. The Morgan fingerprint density at radius 3 is 1.67 bits per heavy atom. The summed E-state index contributed by atoms with van der Waals surface area (Å²) < 4.78 is 141. The Morgan fingerprint density at radius 2 is 1.19 bits per heavy atom. The summed E-state index contributed by atoms with van der Waals surface area (Å²) in [5.74, 6) is 0. The van der Waals surface area contributed by atoms with E-state index in [1.165, 1.54) is 24.3 Å². The van der Waals surface area contributed by atoms with Crippen LogP contribution in [-0.4, -0.2) is 24.4 Å². The third-order valence-electron chi connectivity index (χ3n) is 7.23. The van der Waals surface area contributed by atoms with Crippen LogP contribution in [0.5, 0.6) is 0 Å². The summed E-state index contributed by atoms with van der Waals surface area (Å²) in [4.78, 5) is 1.87. The Bertz CT molecular complexity index is 1500. The van der Waals surface area contributed by atoms with Crippen molar-refractivity contribution in [1.82, 2.24) is 0 Å². The van der Waals surface area contributed by atoms with Crippen molar-refractivity contribution in [3.63, 3.8) is 0 Å². The molecule has 0 aliphatic carbocycles. The molecule has 0 saturated carbocycles. The molecule has 2 aromatic rings. The third-order valence-corrected chi connectivity index (χ3v) is 7.23. The number of hydrogen-bond donors (Lipinski definition) is 0. The van der Waals surface area contributed by atoms with Crippen molar-refractivity contribution in [2.75, 3.05) is 19.0 Å². The molecule has 0 bridgehead atoms. The monoisotopic (exact) mass is 638 g/mol. The van der Waals surface area contributed by atoms with Gasteiger partial charge in [0.25, 0.3) is 0 Å². The van der Waals surface area contributed by atoms with E-state index >= 15 is 0 Å². The van der Waals surface area contributed by atoms with Crippen LogP contribution in [0.1, 0.15) is 49.9 Å². The predicted octanol–water partition coefficient (Wildman–Crippen LogP) is 11.0. The molecule has 0 radical (unpaired) electrons. The molecule has 0 N–H and O–H groups in total. The zero-order chi connectivity index (χ0) is 32.5. The number of rotatable bonds is 2. The zero-order valence-electron chi connectivity index (χ0n) is 23.1. The van der Waals surface area contributed by atoms with E-state index in [0.717, 1.165) is 23.5 Å². The number of nitrogens with zero attached hydrogens (tertiary/aromatic N) is 2. The molecular weight excluding hydrogens is 611 g/mol. The zero-order valence-corrected chi connectivity index (χ0v) is 24.0. The van der Waals surface area contributed by atoms with Crippen molar-refractivity contribution < 1.29 is 56.1 Å². The van der Waals surface area contributed by atoms with Gasteiger partial charge in [0, 0.05) is 41.6 Å². The predicted molar refractivity (Wildman–Crippen MR) is 139 cm³/mol. The normalized spacial score (nSPS) is 20.7. The number of anilines is 1. The van der Waals surface area contributed by atoms with Gasteiger partial charge in [0.2, 0.25) is 5.69 Å². The van der Waals surface area contributed by atoms with Crippen LogP contribution in [0.2, 0.25) is 0 Å². The van der Waals surface area contributed by atoms with Gasteiger partial charge in [-0.3, -0.25) is 0 Å². The Labute approximate surface area is 233 Å². The van der Waals surface area contributed by atoms with Crippen LogP contribution in [0.25, 0.3) is 0 Å². The van der Waals surface area contributed by atoms with E-state index in [1.54, 1.807) is 0 Å².